The molecule has 0 bridgehead atoms. The van der Waals surface area contributed by atoms with Crippen LogP contribution in [0.15, 0.2) is 35.2 Å². The molecule has 0 radical (unpaired) electrons. The van der Waals surface area contributed by atoms with Gasteiger partial charge in [0.15, 0.2) is 11.6 Å². The second-order valence-electron chi connectivity index (χ2n) is 3.63. The topological polar surface area (TPSA) is 63.8 Å². The van der Waals surface area contributed by atoms with Crippen molar-refractivity contribution in [3.63, 3.8) is 0 Å². The SMILES string of the molecule is Cc1nc(CSc2ccccc2)nc(NN)c1F. The fourth-order valence-corrected chi connectivity index (χ4v) is 2.22. The van der Waals surface area contributed by atoms with Crippen molar-refractivity contribution in [1.29, 1.82) is 0 Å². The van der Waals surface area contributed by atoms with Gasteiger partial charge in [-0.15, -0.1) is 11.8 Å². The van der Waals surface area contributed by atoms with Crippen LogP contribution in [0.5, 0.6) is 0 Å². The molecule has 0 aliphatic rings. The molecule has 1 aromatic heterocycles. The lowest BCUT2D eigenvalue weighted by molar-refractivity contribution is 0.602. The number of nitrogens with zero attached hydrogens (tertiary/aromatic N) is 2. The normalized spacial score (nSPS) is 10.4. The van der Waals surface area contributed by atoms with Gasteiger partial charge in [0.2, 0.25) is 0 Å². The van der Waals surface area contributed by atoms with Gasteiger partial charge in [0.1, 0.15) is 5.82 Å². The monoisotopic (exact) mass is 264 g/mol. The smallest absolute Gasteiger partial charge is 0.187 e. The number of nitrogens with one attached hydrogen (secondary N) is 1. The van der Waals surface area contributed by atoms with Gasteiger partial charge in [-0.2, -0.15) is 0 Å². The van der Waals surface area contributed by atoms with Gasteiger partial charge in [0.25, 0.3) is 0 Å². The van der Waals surface area contributed by atoms with Gasteiger partial charge in [-0.25, -0.2) is 20.2 Å². The summed E-state index contributed by atoms with van der Waals surface area (Å²) >= 11 is 1.59. The van der Waals surface area contributed by atoms with Crippen LogP contribution >= 0.6 is 11.8 Å². The van der Waals surface area contributed by atoms with E-state index in [1.54, 1.807) is 18.7 Å². The predicted octanol–water partition coefficient (Wildman–Crippen LogP) is 2.50. The number of aryl methyl sites for hydroxylation is 1. The summed E-state index contributed by atoms with van der Waals surface area (Å²) < 4.78 is 13.5. The first-order chi connectivity index (χ1) is 8.70. The van der Waals surface area contributed by atoms with Gasteiger partial charge in [0.05, 0.1) is 11.4 Å². The molecule has 0 atom stereocenters. The van der Waals surface area contributed by atoms with Crippen LogP contribution in [0, 0.1) is 12.7 Å². The highest BCUT2D eigenvalue weighted by Gasteiger charge is 2.10. The van der Waals surface area contributed by atoms with Crippen molar-refractivity contribution in [3.05, 3.63) is 47.7 Å². The number of benzene rings is 1. The molecule has 1 heterocycles. The summed E-state index contributed by atoms with van der Waals surface area (Å²) in [6.45, 7) is 1.59. The molecule has 1 aromatic carbocycles. The molecule has 0 unspecified atom stereocenters. The summed E-state index contributed by atoms with van der Waals surface area (Å²) in [5.74, 6) is 5.85. The minimum absolute atomic E-state index is 0.0335. The molecule has 18 heavy (non-hydrogen) atoms. The molecule has 3 N–H and O–H groups in total. The number of hydrazine groups is 1. The molecule has 0 aliphatic heterocycles. The number of thioether (sulfide) groups is 1. The number of rotatable bonds is 4. The van der Waals surface area contributed by atoms with E-state index >= 15 is 0 Å². The van der Waals surface area contributed by atoms with E-state index in [1.165, 1.54) is 0 Å². The zero-order valence-corrected chi connectivity index (χ0v) is 10.7. The van der Waals surface area contributed by atoms with Crippen LogP contribution in [-0.4, -0.2) is 9.97 Å². The fraction of sp³-hybridized carbons (Fsp3) is 0.167. The first kappa shape index (κ1) is 12.8. The summed E-state index contributed by atoms with van der Waals surface area (Å²) in [6.07, 6.45) is 0. The molecular formula is C12H13FN4S. The number of halogens is 1. The van der Waals surface area contributed by atoms with Crippen LogP contribution in [0.25, 0.3) is 0 Å². The molecule has 2 aromatic rings. The third-order valence-corrected chi connectivity index (χ3v) is 3.32. The summed E-state index contributed by atoms with van der Waals surface area (Å²) in [6, 6.07) is 9.89. The van der Waals surface area contributed by atoms with E-state index in [9.17, 15) is 4.39 Å². The fourth-order valence-electron chi connectivity index (χ4n) is 1.44. The minimum atomic E-state index is -0.508. The lowest BCUT2D eigenvalue weighted by Crippen LogP contribution is -2.13. The molecule has 0 aliphatic carbocycles. The summed E-state index contributed by atoms with van der Waals surface area (Å²) in [5.41, 5.74) is 2.53. The first-order valence-electron chi connectivity index (χ1n) is 5.38. The first-order valence-corrected chi connectivity index (χ1v) is 6.36. The highest BCUT2D eigenvalue weighted by atomic mass is 32.2. The Morgan fingerprint density at radius 1 is 1.28 bits per heavy atom. The average molecular weight is 264 g/mol. The largest absolute Gasteiger partial charge is 0.306 e. The summed E-state index contributed by atoms with van der Waals surface area (Å²) in [5, 5.41) is 0. The van der Waals surface area contributed by atoms with Crippen molar-refractivity contribution in [3.8, 4) is 0 Å². The third kappa shape index (κ3) is 2.96. The molecule has 94 valence electrons. The Kier molecular flexibility index (Phi) is 4.11. The number of hydrogen-bond acceptors (Lipinski definition) is 5. The van der Waals surface area contributed by atoms with Gasteiger partial charge in [-0.1, -0.05) is 18.2 Å². The van der Waals surface area contributed by atoms with Crippen LogP contribution in [0.2, 0.25) is 0 Å². The highest BCUT2D eigenvalue weighted by molar-refractivity contribution is 7.98. The number of anilines is 1. The van der Waals surface area contributed by atoms with Crippen LogP contribution in [-0.2, 0) is 5.75 Å². The zero-order valence-electron chi connectivity index (χ0n) is 9.85. The molecule has 6 heteroatoms. The van der Waals surface area contributed by atoms with E-state index in [0.717, 1.165) is 4.90 Å². The Labute approximate surface area is 109 Å². The number of nitrogens with two attached hydrogens (primary N) is 1. The van der Waals surface area contributed by atoms with Gasteiger partial charge >= 0.3 is 0 Å². The molecular weight excluding hydrogens is 251 g/mol. The minimum Gasteiger partial charge on any atom is -0.306 e. The maximum absolute atomic E-state index is 13.5. The molecule has 0 amide bonds. The van der Waals surface area contributed by atoms with Crippen LogP contribution in [0.1, 0.15) is 11.5 Å². The van der Waals surface area contributed by atoms with Crippen LogP contribution in [0.3, 0.4) is 0 Å². The van der Waals surface area contributed by atoms with Crippen LogP contribution in [0.4, 0.5) is 10.2 Å². The maximum Gasteiger partial charge on any atom is 0.187 e. The molecule has 0 saturated heterocycles. The Hall–Kier alpha value is -1.66. The quantitative estimate of drug-likeness (QED) is 0.504. The Morgan fingerprint density at radius 2 is 2.00 bits per heavy atom. The standard InChI is InChI=1S/C12H13FN4S/c1-8-11(13)12(17-14)16-10(15-8)7-18-9-5-3-2-4-6-9/h2-6H,7,14H2,1H3,(H,15,16,17). The lowest BCUT2D eigenvalue weighted by Gasteiger charge is -2.07. The Morgan fingerprint density at radius 3 is 2.67 bits per heavy atom. The van der Waals surface area contributed by atoms with Gasteiger partial charge in [-0.3, -0.25) is 0 Å². The van der Waals surface area contributed by atoms with E-state index in [2.05, 4.69) is 15.4 Å². The second-order valence-corrected chi connectivity index (χ2v) is 4.68. The van der Waals surface area contributed by atoms with Crippen molar-refractivity contribution in [2.24, 2.45) is 5.84 Å². The number of hydrogen-bond donors (Lipinski definition) is 2. The molecule has 4 nitrogen and oxygen atoms in total. The number of aromatic nitrogens is 2. The lowest BCUT2D eigenvalue weighted by atomic mass is 10.4. The molecule has 0 saturated carbocycles. The predicted molar refractivity (Wildman–Crippen MR) is 70.5 cm³/mol. The van der Waals surface area contributed by atoms with E-state index in [1.807, 2.05) is 30.3 Å². The summed E-state index contributed by atoms with van der Waals surface area (Å²) in [4.78, 5) is 9.23. The van der Waals surface area contributed by atoms with Crippen molar-refractivity contribution >= 4 is 17.6 Å². The van der Waals surface area contributed by atoms with E-state index < -0.39 is 5.82 Å². The van der Waals surface area contributed by atoms with Gasteiger partial charge in [-0.05, 0) is 19.1 Å². The highest BCUT2D eigenvalue weighted by Crippen LogP contribution is 2.22. The molecule has 2 rings (SSSR count). The zero-order chi connectivity index (χ0) is 13.0. The summed E-state index contributed by atoms with van der Waals surface area (Å²) in [7, 11) is 0. The average Bonchev–Trinajstić information content (AvgIpc) is 2.41. The second kappa shape index (κ2) is 5.79. The van der Waals surface area contributed by atoms with E-state index in [0.29, 0.717) is 17.3 Å². The van der Waals surface area contributed by atoms with Gasteiger partial charge < -0.3 is 5.43 Å². The third-order valence-electron chi connectivity index (χ3n) is 2.31. The Bertz CT molecular complexity index is 533. The molecule has 0 fully saturated rings. The van der Waals surface area contributed by atoms with Crippen molar-refractivity contribution in [2.75, 3.05) is 5.43 Å². The van der Waals surface area contributed by atoms with Gasteiger partial charge in [0, 0.05) is 4.90 Å². The molecule has 0 spiro atoms. The number of nitrogen functional groups attached to an aromatic ring is 1. The van der Waals surface area contributed by atoms with Crippen molar-refractivity contribution in [1.82, 2.24) is 9.97 Å². The van der Waals surface area contributed by atoms with E-state index in [4.69, 9.17) is 5.84 Å². The van der Waals surface area contributed by atoms with Crippen molar-refractivity contribution < 1.29 is 4.39 Å². The van der Waals surface area contributed by atoms with Crippen molar-refractivity contribution in [2.45, 2.75) is 17.6 Å². The van der Waals surface area contributed by atoms with E-state index in [-0.39, 0.29) is 5.82 Å². The Balaban J connectivity index is 2.13. The maximum atomic E-state index is 13.5. The van der Waals surface area contributed by atoms with Crippen LogP contribution < -0.4 is 11.3 Å².